The number of hydrogen-bond acceptors (Lipinski definition) is 4. The van der Waals surface area contributed by atoms with E-state index in [9.17, 15) is 9.59 Å². The van der Waals surface area contributed by atoms with Gasteiger partial charge in [0, 0.05) is 11.6 Å². The Morgan fingerprint density at radius 1 is 0.939 bits per heavy atom. The lowest BCUT2D eigenvalue weighted by Crippen LogP contribution is -2.54. The minimum absolute atomic E-state index is 0.158. The molecule has 4 aliphatic carbocycles. The van der Waals surface area contributed by atoms with Crippen molar-refractivity contribution in [2.45, 2.75) is 44.1 Å². The summed E-state index contributed by atoms with van der Waals surface area (Å²) in [6.07, 6.45) is 11.2. The molecule has 6 rings (SSSR count). The highest BCUT2D eigenvalue weighted by atomic mass is 16.5. The van der Waals surface area contributed by atoms with E-state index in [1.54, 1.807) is 18.2 Å². The van der Waals surface area contributed by atoms with E-state index in [0.29, 0.717) is 5.75 Å². The molecule has 0 aliphatic heterocycles. The molecule has 4 N–H and O–H groups in total. The van der Waals surface area contributed by atoms with E-state index >= 15 is 0 Å². The van der Waals surface area contributed by atoms with Crippen molar-refractivity contribution in [3.05, 3.63) is 60.2 Å². The SMILES string of the molecule is NC(=O)COc1ccc(/C=C/C(=O)Nc2ccccc2NC23CC4CC(CC(C4)C2)C3)cc1. The van der Waals surface area contributed by atoms with Crippen LogP contribution in [0, 0.1) is 17.8 Å². The molecule has 4 aliphatic rings. The third-order valence-electron chi connectivity index (χ3n) is 7.31. The Balaban J connectivity index is 1.22. The van der Waals surface area contributed by atoms with Gasteiger partial charge >= 0.3 is 0 Å². The fourth-order valence-electron chi connectivity index (χ4n) is 6.43. The quantitative estimate of drug-likeness (QED) is 0.519. The number of primary amides is 1. The van der Waals surface area contributed by atoms with Crippen LogP contribution in [0.15, 0.2) is 54.6 Å². The average molecular weight is 446 g/mol. The van der Waals surface area contributed by atoms with Crippen molar-refractivity contribution in [3.63, 3.8) is 0 Å². The molecule has 0 atom stereocenters. The maximum Gasteiger partial charge on any atom is 0.255 e. The van der Waals surface area contributed by atoms with Crippen LogP contribution >= 0.6 is 0 Å². The second-order valence-corrected chi connectivity index (χ2v) is 10.0. The zero-order chi connectivity index (χ0) is 22.8. The van der Waals surface area contributed by atoms with E-state index in [1.807, 2.05) is 30.3 Å². The molecule has 4 bridgehead atoms. The highest BCUT2D eigenvalue weighted by Gasteiger charge is 2.51. The van der Waals surface area contributed by atoms with Crippen LogP contribution in [0.5, 0.6) is 5.75 Å². The number of nitrogens with two attached hydrogens (primary N) is 1. The lowest BCUT2D eigenvalue weighted by Gasteiger charge is -2.57. The molecule has 2 aromatic carbocycles. The highest BCUT2D eigenvalue weighted by Crippen LogP contribution is 2.56. The Labute approximate surface area is 194 Å². The van der Waals surface area contributed by atoms with Gasteiger partial charge in [0.1, 0.15) is 5.75 Å². The van der Waals surface area contributed by atoms with Crippen LogP contribution in [-0.2, 0) is 9.59 Å². The summed E-state index contributed by atoms with van der Waals surface area (Å²) in [6, 6.07) is 15.1. The van der Waals surface area contributed by atoms with Crippen LogP contribution in [-0.4, -0.2) is 24.0 Å². The highest BCUT2D eigenvalue weighted by molar-refractivity contribution is 6.03. The summed E-state index contributed by atoms with van der Waals surface area (Å²) in [6.45, 7) is -0.158. The van der Waals surface area contributed by atoms with Crippen LogP contribution in [0.2, 0.25) is 0 Å². The molecule has 172 valence electrons. The maximum absolute atomic E-state index is 12.6. The lowest BCUT2D eigenvalue weighted by molar-refractivity contribution is -0.120. The summed E-state index contributed by atoms with van der Waals surface area (Å²) in [5.41, 5.74) is 7.96. The molecule has 0 unspecified atom stereocenters. The number of anilines is 2. The van der Waals surface area contributed by atoms with E-state index in [0.717, 1.165) is 34.7 Å². The average Bonchev–Trinajstić information content (AvgIpc) is 2.77. The second kappa shape index (κ2) is 8.93. The van der Waals surface area contributed by atoms with Gasteiger partial charge in [-0.05, 0) is 92.2 Å². The Morgan fingerprint density at radius 3 is 2.15 bits per heavy atom. The van der Waals surface area contributed by atoms with Gasteiger partial charge in [0.25, 0.3) is 5.91 Å². The van der Waals surface area contributed by atoms with Crippen molar-refractivity contribution in [2.24, 2.45) is 23.5 Å². The molecule has 0 heterocycles. The van der Waals surface area contributed by atoms with E-state index in [-0.39, 0.29) is 18.1 Å². The molecule has 33 heavy (non-hydrogen) atoms. The molecule has 2 amide bonds. The standard InChI is InChI=1S/C27H31N3O3/c28-25(31)17-33-22-8-5-18(6-9-22)7-10-26(32)29-23-3-1-2-4-24(23)30-27-14-19-11-20(15-27)13-21(12-19)16-27/h1-10,19-21,30H,11-17H2,(H2,28,31)(H,29,32)/b10-7+. The van der Waals surface area contributed by atoms with Crippen LogP contribution in [0.4, 0.5) is 11.4 Å². The zero-order valence-electron chi connectivity index (χ0n) is 18.8. The van der Waals surface area contributed by atoms with Gasteiger partial charge in [-0.1, -0.05) is 24.3 Å². The number of carbonyl (C=O) groups excluding carboxylic acids is 2. The summed E-state index contributed by atoms with van der Waals surface area (Å²) < 4.78 is 5.26. The predicted octanol–water partition coefficient (Wildman–Crippen LogP) is 4.58. The number of para-hydroxylation sites is 2. The third kappa shape index (κ3) is 5.05. The minimum Gasteiger partial charge on any atom is -0.484 e. The van der Waals surface area contributed by atoms with Gasteiger partial charge in [-0.25, -0.2) is 0 Å². The van der Waals surface area contributed by atoms with Crippen LogP contribution in [0.1, 0.15) is 44.1 Å². The fraction of sp³-hybridized carbons (Fsp3) is 0.407. The summed E-state index contributed by atoms with van der Waals surface area (Å²) in [4.78, 5) is 23.5. The number of ether oxygens (including phenoxy) is 1. The molecule has 0 saturated heterocycles. The minimum atomic E-state index is -0.520. The van der Waals surface area contributed by atoms with Gasteiger partial charge in [-0.3, -0.25) is 9.59 Å². The van der Waals surface area contributed by atoms with Crippen LogP contribution in [0.3, 0.4) is 0 Å². The van der Waals surface area contributed by atoms with Gasteiger partial charge < -0.3 is 21.1 Å². The summed E-state index contributed by atoms with van der Waals surface area (Å²) in [5, 5.41) is 6.92. The zero-order valence-corrected chi connectivity index (χ0v) is 18.8. The Morgan fingerprint density at radius 2 is 1.55 bits per heavy atom. The largest absolute Gasteiger partial charge is 0.484 e. The molecule has 6 heteroatoms. The van der Waals surface area contributed by atoms with Gasteiger partial charge in [-0.2, -0.15) is 0 Å². The summed E-state index contributed by atoms with van der Waals surface area (Å²) in [5.74, 6) is 2.44. The van der Waals surface area contributed by atoms with E-state index < -0.39 is 5.91 Å². The second-order valence-electron chi connectivity index (χ2n) is 10.0. The number of rotatable bonds is 8. The van der Waals surface area contributed by atoms with Crippen LogP contribution in [0.25, 0.3) is 6.08 Å². The van der Waals surface area contributed by atoms with Crippen molar-refractivity contribution in [2.75, 3.05) is 17.2 Å². The number of nitrogens with one attached hydrogen (secondary N) is 2. The predicted molar refractivity (Wildman–Crippen MR) is 130 cm³/mol. The molecule has 6 nitrogen and oxygen atoms in total. The Bertz CT molecular complexity index is 1030. The van der Waals surface area contributed by atoms with Gasteiger partial charge in [-0.15, -0.1) is 0 Å². The molecular weight excluding hydrogens is 414 g/mol. The number of amides is 2. The van der Waals surface area contributed by atoms with Crippen molar-refractivity contribution in [1.29, 1.82) is 0 Å². The molecule has 2 aromatic rings. The van der Waals surface area contributed by atoms with Crippen LogP contribution < -0.4 is 21.1 Å². The third-order valence-corrected chi connectivity index (χ3v) is 7.31. The van der Waals surface area contributed by atoms with Crippen molar-refractivity contribution in [1.82, 2.24) is 0 Å². The molecule has 4 saturated carbocycles. The lowest BCUT2D eigenvalue weighted by atomic mass is 9.53. The normalized spacial score (nSPS) is 27.5. The Hall–Kier alpha value is -3.28. The summed E-state index contributed by atoms with van der Waals surface area (Å²) in [7, 11) is 0. The maximum atomic E-state index is 12.6. The number of benzene rings is 2. The monoisotopic (exact) mass is 445 g/mol. The number of hydrogen-bond donors (Lipinski definition) is 3. The van der Waals surface area contributed by atoms with Gasteiger partial charge in [0.2, 0.25) is 5.91 Å². The first-order valence-electron chi connectivity index (χ1n) is 11.8. The number of carbonyl (C=O) groups is 2. The molecule has 4 fully saturated rings. The molecule has 0 spiro atoms. The van der Waals surface area contributed by atoms with Crippen molar-refractivity contribution in [3.8, 4) is 5.75 Å². The first-order valence-corrected chi connectivity index (χ1v) is 11.8. The Kier molecular flexibility index (Phi) is 5.83. The van der Waals surface area contributed by atoms with E-state index in [4.69, 9.17) is 10.5 Å². The molecule has 0 aromatic heterocycles. The van der Waals surface area contributed by atoms with E-state index in [1.165, 1.54) is 44.6 Å². The van der Waals surface area contributed by atoms with Crippen molar-refractivity contribution >= 4 is 29.3 Å². The van der Waals surface area contributed by atoms with Gasteiger partial charge in [0.05, 0.1) is 11.4 Å². The first-order chi connectivity index (χ1) is 16.0. The summed E-state index contributed by atoms with van der Waals surface area (Å²) >= 11 is 0. The molecule has 0 radical (unpaired) electrons. The topological polar surface area (TPSA) is 93.5 Å². The van der Waals surface area contributed by atoms with Crippen molar-refractivity contribution < 1.29 is 14.3 Å². The fourth-order valence-corrected chi connectivity index (χ4v) is 6.43. The smallest absolute Gasteiger partial charge is 0.255 e. The van der Waals surface area contributed by atoms with Gasteiger partial charge in [0.15, 0.2) is 6.61 Å². The van der Waals surface area contributed by atoms with E-state index in [2.05, 4.69) is 16.7 Å². The first kappa shape index (κ1) is 21.6. The molecular formula is C27H31N3O3.